The first-order valence-corrected chi connectivity index (χ1v) is 5.01. The minimum Gasteiger partial charge on any atom is -0.479 e. The maximum atomic E-state index is 10.4. The van der Waals surface area contributed by atoms with Crippen molar-refractivity contribution in [2.24, 2.45) is 5.41 Å². The summed E-state index contributed by atoms with van der Waals surface area (Å²) < 4.78 is 0. The number of carboxylic acid groups (broad SMARTS) is 1. The third kappa shape index (κ3) is 4.89. The molecular weight excluding hydrogens is 216 g/mol. The van der Waals surface area contributed by atoms with Crippen LogP contribution in [-0.4, -0.2) is 55.9 Å². The van der Waals surface area contributed by atoms with Gasteiger partial charge in [-0.25, -0.2) is 4.79 Å². The fourth-order valence-electron chi connectivity index (χ4n) is 1.31. The Labute approximate surface area is 94.2 Å². The molecule has 0 saturated heterocycles. The molecule has 0 unspecified atom stereocenters. The minimum atomic E-state index is -2.11. The molecule has 4 atom stereocenters. The minimum absolute atomic E-state index is 0.178. The lowest BCUT2D eigenvalue weighted by Gasteiger charge is -2.29. The molecule has 0 saturated carbocycles. The van der Waals surface area contributed by atoms with Gasteiger partial charge in [0.05, 0.1) is 6.10 Å². The van der Waals surface area contributed by atoms with Gasteiger partial charge in [-0.1, -0.05) is 20.8 Å². The Hall–Kier alpha value is -0.690. The van der Waals surface area contributed by atoms with Crippen molar-refractivity contribution in [1.82, 2.24) is 0 Å². The lowest BCUT2D eigenvalue weighted by molar-refractivity contribution is -0.163. The number of carboxylic acids is 1. The smallest absolute Gasteiger partial charge is 0.335 e. The van der Waals surface area contributed by atoms with Crippen LogP contribution in [-0.2, 0) is 4.79 Å². The number of hydrogen-bond acceptors (Lipinski definition) is 5. The van der Waals surface area contributed by atoms with E-state index in [-0.39, 0.29) is 11.8 Å². The molecule has 0 heterocycles. The normalized spacial score (nSPS) is 19.9. The Morgan fingerprint density at radius 1 is 1.06 bits per heavy atom. The number of aliphatic hydroxyl groups is 4. The molecule has 0 aliphatic heterocycles. The highest BCUT2D eigenvalue weighted by atomic mass is 16.4. The first-order valence-electron chi connectivity index (χ1n) is 5.01. The zero-order valence-corrected chi connectivity index (χ0v) is 9.66. The van der Waals surface area contributed by atoms with Crippen LogP contribution in [0, 0.1) is 5.41 Å². The summed E-state index contributed by atoms with van der Waals surface area (Å²) in [7, 11) is 0. The van der Waals surface area contributed by atoms with E-state index in [1.165, 1.54) is 0 Å². The number of aliphatic carboxylic acids is 1. The first kappa shape index (κ1) is 15.3. The maximum Gasteiger partial charge on any atom is 0.335 e. The van der Waals surface area contributed by atoms with Crippen LogP contribution in [0.5, 0.6) is 0 Å². The number of carbonyl (C=O) groups is 1. The summed E-state index contributed by atoms with van der Waals surface area (Å²) >= 11 is 0. The van der Waals surface area contributed by atoms with Crippen molar-refractivity contribution >= 4 is 5.97 Å². The Morgan fingerprint density at radius 2 is 1.50 bits per heavy atom. The standard InChI is InChI=1S/C10H20O6/c1-10(2,3)4-5(11)6(12)7(13)8(14)9(15)16/h5-8,11-14H,4H2,1-3H3,(H,15,16)/t5-,6+,7-,8-/m0/s1. The summed E-state index contributed by atoms with van der Waals surface area (Å²) in [5, 5.41) is 45.7. The van der Waals surface area contributed by atoms with Crippen LogP contribution in [0.1, 0.15) is 27.2 Å². The van der Waals surface area contributed by atoms with Crippen LogP contribution >= 0.6 is 0 Å². The van der Waals surface area contributed by atoms with E-state index in [2.05, 4.69) is 0 Å². The lowest BCUT2D eigenvalue weighted by atomic mass is 9.86. The van der Waals surface area contributed by atoms with E-state index >= 15 is 0 Å². The third-order valence-electron chi connectivity index (χ3n) is 2.14. The Bertz CT molecular complexity index is 234. The van der Waals surface area contributed by atoms with Gasteiger partial charge in [-0.3, -0.25) is 0 Å². The van der Waals surface area contributed by atoms with Gasteiger partial charge < -0.3 is 25.5 Å². The quantitative estimate of drug-likeness (QED) is 0.416. The average Bonchev–Trinajstić information content (AvgIpc) is 2.11. The maximum absolute atomic E-state index is 10.4. The van der Waals surface area contributed by atoms with Crippen molar-refractivity contribution in [1.29, 1.82) is 0 Å². The van der Waals surface area contributed by atoms with Gasteiger partial charge in [0.2, 0.25) is 0 Å². The van der Waals surface area contributed by atoms with Crippen LogP contribution < -0.4 is 0 Å². The first-order chi connectivity index (χ1) is 7.06. The van der Waals surface area contributed by atoms with Crippen molar-refractivity contribution in [3.05, 3.63) is 0 Å². The van der Waals surface area contributed by atoms with Gasteiger partial charge in [-0.15, -0.1) is 0 Å². The van der Waals surface area contributed by atoms with Gasteiger partial charge in [-0.2, -0.15) is 0 Å². The average molecular weight is 236 g/mol. The summed E-state index contributed by atoms with van der Waals surface area (Å²) in [6.07, 6.45) is -6.81. The van der Waals surface area contributed by atoms with Crippen LogP contribution in [0.15, 0.2) is 0 Å². The molecule has 0 aromatic carbocycles. The highest BCUT2D eigenvalue weighted by Crippen LogP contribution is 2.23. The van der Waals surface area contributed by atoms with Gasteiger partial charge in [0, 0.05) is 0 Å². The molecule has 16 heavy (non-hydrogen) atoms. The molecule has 96 valence electrons. The summed E-state index contributed by atoms with van der Waals surface area (Å²) in [6.45, 7) is 5.47. The van der Waals surface area contributed by atoms with Crippen LogP contribution in [0.25, 0.3) is 0 Å². The fraction of sp³-hybridized carbons (Fsp3) is 0.900. The van der Waals surface area contributed by atoms with Crippen molar-refractivity contribution in [2.75, 3.05) is 0 Å². The summed E-state index contributed by atoms with van der Waals surface area (Å²) in [6, 6.07) is 0. The molecule has 6 nitrogen and oxygen atoms in total. The molecule has 0 aliphatic carbocycles. The topological polar surface area (TPSA) is 118 Å². The van der Waals surface area contributed by atoms with Gasteiger partial charge >= 0.3 is 5.97 Å². The molecular formula is C10H20O6. The third-order valence-corrected chi connectivity index (χ3v) is 2.14. The monoisotopic (exact) mass is 236 g/mol. The van der Waals surface area contributed by atoms with Crippen molar-refractivity contribution in [3.63, 3.8) is 0 Å². The van der Waals surface area contributed by atoms with E-state index in [9.17, 15) is 20.1 Å². The van der Waals surface area contributed by atoms with E-state index in [0.717, 1.165) is 0 Å². The van der Waals surface area contributed by atoms with E-state index < -0.39 is 30.4 Å². The van der Waals surface area contributed by atoms with Crippen LogP contribution in [0.2, 0.25) is 0 Å². The zero-order valence-electron chi connectivity index (χ0n) is 9.66. The van der Waals surface area contributed by atoms with Gasteiger partial charge in [-0.05, 0) is 11.8 Å². The Kier molecular flexibility index (Phi) is 5.34. The van der Waals surface area contributed by atoms with Crippen LogP contribution in [0.3, 0.4) is 0 Å². The van der Waals surface area contributed by atoms with Gasteiger partial charge in [0.15, 0.2) is 6.10 Å². The van der Waals surface area contributed by atoms with E-state index in [4.69, 9.17) is 10.2 Å². The number of rotatable bonds is 5. The Morgan fingerprint density at radius 3 is 1.81 bits per heavy atom. The number of hydrogen-bond donors (Lipinski definition) is 5. The summed E-state index contributed by atoms with van der Waals surface area (Å²) in [5.74, 6) is -1.64. The van der Waals surface area contributed by atoms with Crippen molar-refractivity contribution in [2.45, 2.75) is 51.6 Å². The largest absolute Gasteiger partial charge is 0.479 e. The predicted octanol–water partition coefficient (Wildman–Crippen LogP) is -1.05. The zero-order chi connectivity index (χ0) is 13.1. The molecule has 0 aromatic heterocycles. The fourth-order valence-corrected chi connectivity index (χ4v) is 1.31. The van der Waals surface area contributed by atoms with E-state index in [1.54, 1.807) is 0 Å². The van der Waals surface area contributed by atoms with Gasteiger partial charge in [0.1, 0.15) is 12.2 Å². The second-order valence-corrected chi connectivity index (χ2v) is 5.10. The Balaban J connectivity index is 4.43. The van der Waals surface area contributed by atoms with E-state index in [0.29, 0.717) is 0 Å². The van der Waals surface area contributed by atoms with Crippen molar-refractivity contribution in [3.8, 4) is 0 Å². The molecule has 0 aromatic rings. The highest BCUT2D eigenvalue weighted by molar-refractivity contribution is 5.72. The lowest BCUT2D eigenvalue weighted by Crippen LogP contribution is -2.48. The predicted molar refractivity (Wildman–Crippen MR) is 55.7 cm³/mol. The van der Waals surface area contributed by atoms with Crippen molar-refractivity contribution < 1.29 is 30.3 Å². The molecule has 0 spiro atoms. The second-order valence-electron chi connectivity index (χ2n) is 5.10. The molecule has 5 N–H and O–H groups in total. The summed E-state index contributed by atoms with van der Waals surface area (Å²) in [4.78, 5) is 10.4. The SMILES string of the molecule is CC(C)(C)C[C@H](O)[C@@H](O)[C@H](O)[C@H](O)C(=O)O. The molecule has 0 aliphatic rings. The van der Waals surface area contributed by atoms with Gasteiger partial charge in [0.25, 0.3) is 0 Å². The second kappa shape index (κ2) is 5.58. The van der Waals surface area contributed by atoms with E-state index in [1.807, 2.05) is 20.8 Å². The molecule has 0 radical (unpaired) electrons. The molecule has 0 bridgehead atoms. The molecule has 0 rings (SSSR count). The molecule has 6 heteroatoms. The summed E-state index contributed by atoms with van der Waals surface area (Å²) in [5.41, 5.74) is -0.283. The molecule has 0 fully saturated rings. The van der Waals surface area contributed by atoms with Crippen LogP contribution in [0.4, 0.5) is 0 Å². The highest BCUT2D eigenvalue weighted by Gasteiger charge is 2.35. The molecule has 0 amide bonds. The number of aliphatic hydroxyl groups excluding tert-OH is 4.